The van der Waals surface area contributed by atoms with Gasteiger partial charge in [-0.15, -0.1) is 0 Å². The third-order valence-corrected chi connectivity index (χ3v) is 5.43. The van der Waals surface area contributed by atoms with E-state index in [1.54, 1.807) is 12.2 Å². The van der Waals surface area contributed by atoms with Crippen molar-refractivity contribution in [3.63, 3.8) is 0 Å². The Hall–Kier alpha value is -4.25. The minimum atomic E-state index is -0.111. The second kappa shape index (κ2) is 10.1. The van der Waals surface area contributed by atoms with Gasteiger partial charge in [-0.1, -0.05) is 37.4 Å². The van der Waals surface area contributed by atoms with Gasteiger partial charge in [-0.3, -0.25) is 4.79 Å². The van der Waals surface area contributed by atoms with Crippen molar-refractivity contribution in [2.24, 2.45) is 0 Å². The molecule has 2 aromatic heterocycles. The van der Waals surface area contributed by atoms with Gasteiger partial charge < -0.3 is 18.6 Å². The smallest absolute Gasteiger partial charge is 0.226 e. The number of ether oxygens (including phenoxy) is 2. The molecule has 0 atom stereocenters. The minimum absolute atomic E-state index is 0.111. The number of carbonyl (C=O) groups is 1. The molecule has 0 aliphatic rings. The van der Waals surface area contributed by atoms with E-state index in [4.69, 9.17) is 9.47 Å². The van der Waals surface area contributed by atoms with Gasteiger partial charge in [0, 0.05) is 12.4 Å². The van der Waals surface area contributed by atoms with Crippen LogP contribution in [-0.4, -0.2) is 28.1 Å². The Balaban J connectivity index is 1.76. The van der Waals surface area contributed by atoms with Crippen molar-refractivity contribution >= 4 is 5.78 Å². The summed E-state index contributed by atoms with van der Waals surface area (Å²) in [4.78, 5) is 13.8. The first-order valence-corrected chi connectivity index (χ1v) is 11.1. The molecular formula is C29H28N2O3. The number of nitrogens with zero attached hydrogens (tertiary/aromatic N) is 2. The second-order valence-electron chi connectivity index (χ2n) is 8.00. The van der Waals surface area contributed by atoms with Gasteiger partial charge in [0.15, 0.2) is 0 Å². The number of rotatable bonds is 10. The van der Waals surface area contributed by atoms with Crippen LogP contribution in [0.3, 0.4) is 0 Å². The second-order valence-corrected chi connectivity index (χ2v) is 8.00. The summed E-state index contributed by atoms with van der Waals surface area (Å²) >= 11 is 0. The van der Waals surface area contributed by atoms with E-state index in [9.17, 15) is 4.79 Å². The molecular weight excluding hydrogens is 424 g/mol. The zero-order chi connectivity index (χ0) is 24.1. The third-order valence-electron chi connectivity index (χ3n) is 5.43. The third kappa shape index (κ3) is 4.59. The van der Waals surface area contributed by atoms with Crippen molar-refractivity contribution in [1.82, 2.24) is 9.13 Å². The summed E-state index contributed by atoms with van der Waals surface area (Å²) < 4.78 is 15.5. The highest BCUT2D eigenvalue weighted by atomic mass is 16.5. The van der Waals surface area contributed by atoms with Gasteiger partial charge in [-0.2, -0.15) is 0 Å². The van der Waals surface area contributed by atoms with Gasteiger partial charge in [0.25, 0.3) is 0 Å². The van der Waals surface area contributed by atoms with Crippen molar-refractivity contribution < 1.29 is 14.3 Å². The Morgan fingerprint density at radius 2 is 1.21 bits per heavy atom. The molecule has 0 saturated heterocycles. The van der Waals surface area contributed by atoms with Crippen LogP contribution in [0.1, 0.15) is 27.3 Å². The molecule has 0 aliphatic heterocycles. The highest BCUT2D eigenvalue weighted by Gasteiger charge is 2.21. The molecule has 0 radical (unpaired) electrons. The first-order chi connectivity index (χ1) is 16.5. The largest absolute Gasteiger partial charge is 0.487 e. The topological polar surface area (TPSA) is 45.4 Å². The van der Waals surface area contributed by atoms with Crippen LogP contribution >= 0.6 is 0 Å². The quantitative estimate of drug-likeness (QED) is 0.211. The van der Waals surface area contributed by atoms with Gasteiger partial charge in [-0.25, -0.2) is 0 Å². The molecule has 0 unspecified atom stereocenters. The van der Waals surface area contributed by atoms with Crippen LogP contribution in [0.25, 0.3) is 11.4 Å². The predicted octanol–water partition coefficient (Wildman–Crippen LogP) is 6.25. The maximum atomic E-state index is 13.8. The molecule has 0 saturated carbocycles. The Labute approximate surface area is 200 Å². The van der Waals surface area contributed by atoms with E-state index < -0.39 is 0 Å². The van der Waals surface area contributed by atoms with Crippen LogP contribution in [0, 0.1) is 13.8 Å². The van der Waals surface area contributed by atoms with Crippen molar-refractivity contribution in [3.8, 4) is 22.9 Å². The fourth-order valence-electron chi connectivity index (χ4n) is 3.85. The molecule has 0 fully saturated rings. The summed E-state index contributed by atoms with van der Waals surface area (Å²) in [7, 11) is 0. The fraction of sp³-hybridized carbons (Fsp3) is 0.138. The summed E-state index contributed by atoms with van der Waals surface area (Å²) in [5.41, 5.74) is 4.81. The molecule has 172 valence electrons. The Bertz CT molecular complexity index is 1240. The number of carbonyl (C=O) groups excluding carboxylic acids is 1. The molecule has 34 heavy (non-hydrogen) atoms. The molecule has 0 bridgehead atoms. The minimum Gasteiger partial charge on any atom is -0.487 e. The van der Waals surface area contributed by atoms with E-state index in [0.717, 1.165) is 22.5 Å². The van der Waals surface area contributed by atoms with E-state index in [0.29, 0.717) is 36.1 Å². The van der Waals surface area contributed by atoms with E-state index >= 15 is 0 Å². The van der Waals surface area contributed by atoms with Crippen molar-refractivity contribution in [2.45, 2.75) is 13.8 Å². The Morgan fingerprint density at radius 3 is 1.62 bits per heavy atom. The van der Waals surface area contributed by atoms with Gasteiger partial charge in [0.05, 0.1) is 22.8 Å². The summed E-state index contributed by atoms with van der Waals surface area (Å²) in [6.45, 7) is 12.2. The van der Waals surface area contributed by atoms with E-state index in [-0.39, 0.29) is 5.78 Å². The maximum Gasteiger partial charge on any atom is 0.226 e. The van der Waals surface area contributed by atoms with Crippen LogP contribution in [0.15, 0.2) is 98.4 Å². The molecule has 0 spiro atoms. The van der Waals surface area contributed by atoms with E-state index in [2.05, 4.69) is 13.2 Å². The van der Waals surface area contributed by atoms with Crippen LogP contribution in [0.2, 0.25) is 0 Å². The number of aromatic nitrogens is 2. The van der Waals surface area contributed by atoms with Crippen LogP contribution < -0.4 is 9.47 Å². The summed E-state index contributed by atoms with van der Waals surface area (Å²) in [5.74, 6) is 1.28. The first kappa shape index (κ1) is 22.9. The number of aryl methyl sites for hydroxylation is 2. The molecule has 0 N–H and O–H groups in total. The van der Waals surface area contributed by atoms with E-state index in [1.165, 1.54) is 0 Å². The zero-order valence-electron chi connectivity index (χ0n) is 19.5. The normalized spacial score (nSPS) is 10.6. The Kier molecular flexibility index (Phi) is 6.83. The standard InChI is InChI=1S/C29H28N2O3/c1-5-17-33-27-19-21(3)11-13-23(27)30-15-7-9-25(30)29(32)26-10-8-16-31(26)24-14-12-22(4)20-28(24)34-18-6-2/h5-16,19-20H,1-2,17-18H2,3-4H3. The number of hydrogen-bond donors (Lipinski definition) is 0. The molecule has 0 amide bonds. The van der Waals surface area contributed by atoms with Crippen molar-refractivity contribution in [1.29, 1.82) is 0 Å². The lowest BCUT2D eigenvalue weighted by atomic mass is 10.1. The summed E-state index contributed by atoms with van der Waals surface area (Å²) in [6, 6.07) is 19.2. The fourth-order valence-corrected chi connectivity index (χ4v) is 3.85. The highest BCUT2D eigenvalue weighted by molar-refractivity contribution is 6.07. The number of hydrogen-bond acceptors (Lipinski definition) is 3. The predicted molar refractivity (Wildman–Crippen MR) is 136 cm³/mol. The SMILES string of the molecule is C=CCOc1cc(C)ccc1-n1cccc1C(=O)c1cccn1-c1ccc(C)cc1OCC=C. The summed E-state index contributed by atoms with van der Waals surface area (Å²) in [6.07, 6.45) is 7.15. The lowest BCUT2D eigenvalue weighted by Crippen LogP contribution is -2.14. The van der Waals surface area contributed by atoms with Gasteiger partial charge in [0.2, 0.25) is 5.78 Å². The molecule has 4 rings (SSSR count). The van der Waals surface area contributed by atoms with Crippen LogP contribution in [-0.2, 0) is 0 Å². The molecule has 5 heteroatoms. The van der Waals surface area contributed by atoms with Crippen LogP contribution in [0.5, 0.6) is 11.5 Å². The Morgan fingerprint density at radius 1 is 0.765 bits per heavy atom. The zero-order valence-corrected chi connectivity index (χ0v) is 19.5. The molecule has 4 aromatic rings. The average molecular weight is 453 g/mol. The monoisotopic (exact) mass is 452 g/mol. The van der Waals surface area contributed by atoms with Crippen molar-refractivity contribution in [3.05, 3.63) is 121 Å². The number of ketones is 1. The lowest BCUT2D eigenvalue weighted by Gasteiger charge is -2.17. The first-order valence-electron chi connectivity index (χ1n) is 11.1. The number of benzene rings is 2. The summed E-state index contributed by atoms with van der Waals surface area (Å²) in [5, 5.41) is 0. The molecule has 2 heterocycles. The van der Waals surface area contributed by atoms with E-state index in [1.807, 2.05) is 96.0 Å². The highest BCUT2D eigenvalue weighted by Crippen LogP contribution is 2.30. The lowest BCUT2D eigenvalue weighted by molar-refractivity contribution is 0.102. The van der Waals surface area contributed by atoms with Gasteiger partial charge in [-0.05, 0) is 73.5 Å². The molecule has 2 aromatic carbocycles. The van der Waals surface area contributed by atoms with Crippen molar-refractivity contribution in [2.75, 3.05) is 13.2 Å². The average Bonchev–Trinajstić information content (AvgIpc) is 3.51. The van der Waals surface area contributed by atoms with Crippen LogP contribution in [0.4, 0.5) is 0 Å². The molecule has 5 nitrogen and oxygen atoms in total. The van der Waals surface area contributed by atoms with Gasteiger partial charge in [0.1, 0.15) is 24.7 Å². The molecule has 0 aliphatic carbocycles. The maximum absolute atomic E-state index is 13.8. The van der Waals surface area contributed by atoms with Gasteiger partial charge >= 0.3 is 0 Å².